The summed E-state index contributed by atoms with van der Waals surface area (Å²) in [6.45, 7) is 0.524. The van der Waals surface area contributed by atoms with Crippen molar-refractivity contribution >= 4 is 7.82 Å². The molecule has 0 aromatic carbocycles. The second-order valence-corrected chi connectivity index (χ2v) is 4.99. The Morgan fingerprint density at radius 1 is 1.50 bits per heavy atom. The van der Waals surface area contributed by atoms with Gasteiger partial charge < -0.3 is 0 Å². The summed E-state index contributed by atoms with van der Waals surface area (Å²) >= 11 is 0. The van der Waals surface area contributed by atoms with Gasteiger partial charge in [0.25, 0.3) is 0 Å². The minimum Gasteiger partial charge on any atom is -0.290 e. The summed E-state index contributed by atoms with van der Waals surface area (Å²) in [6.07, 6.45) is 3.35. The Hall–Kier alpha value is 0.110. The van der Waals surface area contributed by atoms with Crippen LogP contribution in [0.4, 0.5) is 0 Å². The third-order valence-electron chi connectivity index (χ3n) is 2.52. The molecular formula is C7H13O4P. The molecule has 3 atom stereocenters. The standard InChI is InChI=1S/C7H13O4P/c1-9-12(8)10-5-6-3-2-4-7(6)11-12/h6-7H,2-5H2,1H3/t6-,7+,12+/m1/s1. The lowest BCUT2D eigenvalue weighted by molar-refractivity contribution is 0.00891. The highest BCUT2D eigenvalue weighted by Crippen LogP contribution is 2.56. The van der Waals surface area contributed by atoms with Gasteiger partial charge in [0.15, 0.2) is 0 Å². The van der Waals surface area contributed by atoms with E-state index >= 15 is 0 Å². The Balaban J connectivity index is 2.05. The van der Waals surface area contributed by atoms with Crippen molar-refractivity contribution < 1.29 is 18.1 Å². The molecule has 0 N–H and O–H groups in total. The van der Waals surface area contributed by atoms with Gasteiger partial charge in [-0.15, -0.1) is 0 Å². The van der Waals surface area contributed by atoms with Gasteiger partial charge in [-0.2, -0.15) is 0 Å². The number of fused-ring (bicyclic) bond motifs is 1. The monoisotopic (exact) mass is 192 g/mol. The minimum atomic E-state index is -3.16. The van der Waals surface area contributed by atoms with E-state index in [-0.39, 0.29) is 6.10 Å². The molecule has 1 saturated heterocycles. The Bertz CT molecular complexity index is 217. The maximum Gasteiger partial charge on any atom is 0.474 e. The van der Waals surface area contributed by atoms with E-state index in [1.807, 2.05) is 0 Å². The molecule has 0 aromatic rings. The van der Waals surface area contributed by atoms with Crippen molar-refractivity contribution in [2.75, 3.05) is 13.7 Å². The van der Waals surface area contributed by atoms with E-state index in [0.717, 1.165) is 19.3 Å². The van der Waals surface area contributed by atoms with Gasteiger partial charge in [0.1, 0.15) is 0 Å². The first kappa shape index (κ1) is 8.70. The molecule has 2 fully saturated rings. The first-order valence-corrected chi connectivity index (χ1v) is 5.68. The van der Waals surface area contributed by atoms with Gasteiger partial charge in [0.2, 0.25) is 0 Å². The lowest BCUT2D eigenvalue weighted by Crippen LogP contribution is -2.27. The van der Waals surface area contributed by atoms with Crippen LogP contribution in [0.2, 0.25) is 0 Å². The average molecular weight is 192 g/mol. The van der Waals surface area contributed by atoms with Gasteiger partial charge in [-0.3, -0.25) is 13.6 Å². The zero-order valence-electron chi connectivity index (χ0n) is 7.06. The Labute approximate surface area is 71.8 Å². The van der Waals surface area contributed by atoms with Crippen LogP contribution in [-0.2, 0) is 18.1 Å². The maximum atomic E-state index is 11.5. The lowest BCUT2D eigenvalue weighted by atomic mass is 10.1. The molecule has 4 nitrogen and oxygen atoms in total. The molecule has 2 aliphatic rings. The molecule has 1 aliphatic carbocycles. The molecule has 0 bridgehead atoms. The van der Waals surface area contributed by atoms with Crippen LogP contribution in [0.25, 0.3) is 0 Å². The molecule has 12 heavy (non-hydrogen) atoms. The summed E-state index contributed by atoms with van der Waals surface area (Å²) in [7, 11) is -1.81. The SMILES string of the molecule is CO[P@@]1(=O)OC[C@H]2CCC[C@@H]2O1. The second kappa shape index (κ2) is 3.11. The van der Waals surface area contributed by atoms with Gasteiger partial charge in [-0.25, -0.2) is 4.57 Å². The van der Waals surface area contributed by atoms with Gasteiger partial charge in [-0.05, 0) is 12.8 Å². The molecule has 1 aliphatic heterocycles. The Morgan fingerprint density at radius 3 is 3.08 bits per heavy atom. The molecular weight excluding hydrogens is 179 g/mol. The molecule has 5 heteroatoms. The summed E-state index contributed by atoms with van der Waals surface area (Å²) in [4.78, 5) is 0. The number of hydrogen-bond acceptors (Lipinski definition) is 4. The fraction of sp³-hybridized carbons (Fsp3) is 1.00. The topological polar surface area (TPSA) is 44.8 Å². The van der Waals surface area contributed by atoms with Crippen LogP contribution in [0.3, 0.4) is 0 Å². The highest BCUT2D eigenvalue weighted by molar-refractivity contribution is 7.48. The van der Waals surface area contributed by atoms with E-state index in [2.05, 4.69) is 0 Å². The fourth-order valence-electron chi connectivity index (χ4n) is 1.81. The molecule has 70 valence electrons. The van der Waals surface area contributed by atoms with Gasteiger partial charge in [0.05, 0.1) is 12.7 Å². The summed E-state index contributed by atoms with van der Waals surface area (Å²) in [5.41, 5.74) is 0. The van der Waals surface area contributed by atoms with Crippen LogP contribution in [0.15, 0.2) is 0 Å². The molecule has 1 heterocycles. The first-order valence-electron chi connectivity index (χ1n) is 4.22. The van der Waals surface area contributed by atoms with E-state index in [1.54, 1.807) is 0 Å². The Morgan fingerprint density at radius 2 is 2.33 bits per heavy atom. The van der Waals surface area contributed by atoms with Crippen molar-refractivity contribution in [2.45, 2.75) is 25.4 Å². The average Bonchev–Trinajstić information content (AvgIpc) is 2.51. The highest BCUT2D eigenvalue weighted by atomic mass is 31.2. The number of rotatable bonds is 1. The van der Waals surface area contributed by atoms with Crippen LogP contribution < -0.4 is 0 Å². The van der Waals surface area contributed by atoms with E-state index < -0.39 is 7.82 Å². The first-order chi connectivity index (χ1) is 5.73. The van der Waals surface area contributed by atoms with Crippen molar-refractivity contribution in [1.29, 1.82) is 0 Å². The van der Waals surface area contributed by atoms with E-state index in [4.69, 9.17) is 13.6 Å². The molecule has 0 radical (unpaired) electrons. The van der Waals surface area contributed by atoms with Crippen LogP contribution in [-0.4, -0.2) is 19.8 Å². The zero-order valence-corrected chi connectivity index (χ0v) is 7.96. The van der Waals surface area contributed by atoms with Crippen LogP contribution in [0.5, 0.6) is 0 Å². The van der Waals surface area contributed by atoms with Gasteiger partial charge in [0, 0.05) is 13.0 Å². The molecule has 0 unspecified atom stereocenters. The summed E-state index contributed by atoms with van der Waals surface area (Å²) < 4.78 is 26.5. The predicted octanol–water partition coefficient (Wildman–Crippen LogP) is 1.96. The lowest BCUT2D eigenvalue weighted by Gasteiger charge is -2.30. The fourth-order valence-corrected chi connectivity index (χ4v) is 3.05. The summed E-state index contributed by atoms with van der Waals surface area (Å²) in [5.74, 6) is 0.433. The zero-order chi connectivity index (χ0) is 8.60. The van der Waals surface area contributed by atoms with Crippen LogP contribution >= 0.6 is 7.82 Å². The maximum absolute atomic E-state index is 11.5. The van der Waals surface area contributed by atoms with Crippen molar-refractivity contribution in [3.63, 3.8) is 0 Å². The Kier molecular flexibility index (Phi) is 2.25. The molecule has 0 amide bonds. The molecule has 1 saturated carbocycles. The minimum absolute atomic E-state index is 0.101. The van der Waals surface area contributed by atoms with Crippen LogP contribution in [0, 0.1) is 5.92 Å². The normalized spacial score (nSPS) is 47.4. The van der Waals surface area contributed by atoms with E-state index in [1.165, 1.54) is 7.11 Å². The number of phosphoric acid groups is 1. The summed E-state index contributed by atoms with van der Waals surface area (Å²) in [6, 6.07) is 0. The van der Waals surface area contributed by atoms with Crippen molar-refractivity contribution in [3.05, 3.63) is 0 Å². The van der Waals surface area contributed by atoms with Crippen LogP contribution in [0.1, 0.15) is 19.3 Å². The predicted molar refractivity (Wildman–Crippen MR) is 42.8 cm³/mol. The summed E-state index contributed by atoms with van der Waals surface area (Å²) in [5, 5.41) is 0. The smallest absolute Gasteiger partial charge is 0.290 e. The largest absolute Gasteiger partial charge is 0.474 e. The van der Waals surface area contributed by atoms with Crippen molar-refractivity contribution in [2.24, 2.45) is 5.92 Å². The van der Waals surface area contributed by atoms with E-state index in [9.17, 15) is 4.57 Å². The number of phosphoric ester groups is 1. The second-order valence-electron chi connectivity index (χ2n) is 3.26. The van der Waals surface area contributed by atoms with E-state index in [0.29, 0.717) is 12.5 Å². The molecule has 0 aromatic heterocycles. The molecule has 0 spiro atoms. The van der Waals surface area contributed by atoms with Crippen molar-refractivity contribution in [1.82, 2.24) is 0 Å². The van der Waals surface area contributed by atoms with Crippen molar-refractivity contribution in [3.8, 4) is 0 Å². The van der Waals surface area contributed by atoms with Gasteiger partial charge >= 0.3 is 7.82 Å². The third kappa shape index (κ3) is 1.44. The molecule has 2 rings (SSSR count). The third-order valence-corrected chi connectivity index (χ3v) is 3.97. The quantitative estimate of drug-likeness (QED) is 0.595. The highest BCUT2D eigenvalue weighted by Gasteiger charge is 2.42. The van der Waals surface area contributed by atoms with Gasteiger partial charge in [-0.1, -0.05) is 6.42 Å². The number of hydrogen-bond donors (Lipinski definition) is 0.